The van der Waals surface area contributed by atoms with Crippen LogP contribution >= 0.6 is 0 Å². The van der Waals surface area contributed by atoms with Gasteiger partial charge in [0.25, 0.3) is 5.91 Å². The summed E-state index contributed by atoms with van der Waals surface area (Å²) in [5.41, 5.74) is 8.31. The van der Waals surface area contributed by atoms with E-state index in [-0.39, 0.29) is 53.8 Å². The minimum Gasteiger partial charge on any atom is -0.458 e. The summed E-state index contributed by atoms with van der Waals surface area (Å²) in [6.45, 7) is 14.8. The molecule has 0 spiro atoms. The van der Waals surface area contributed by atoms with E-state index in [0.29, 0.717) is 19.3 Å². The van der Waals surface area contributed by atoms with Crippen molar-refractivity contribution in [2.45, 2.75) is 156 Å². The molecule has 29 nitrogen and oxygen atoms in total. The molecule has 0 radical (unpaired) electrons. The van der Waals surface area contributed by atoms with Gasteiger partial charge in [-0.1, -0.05) is 48.5 Å². The standard InChI is InChI=1S/C61H82N12O17/c1-15-35-38(74)23-32(52(78)65-43(26(2)3)57(83)72-20-16-18-36(72)55(81)68(11)24-39(75)70(35)13)31(10)88-59(85)33-22-34(62)29(8)50-45(33)64-46-41(42(63)49(77)30(9)51(46)89-50)60(86)90-61(87)47-53(79)66-44(27(4)5)58(84)73-21-17-19-37(73)56(82)69(12)25-40(76)71(14)48(28(6)7)54(80)67-47/h22,26-28,31-32,35-37,43-44,47-48H,15-21,23-25,62-63H2,1-14H3,(H,65,78)(H,66,79)(H,67,80)/t31?,32?,35-,36-,37-,43+,44+,47?,48-/m0/s1. The van der Waals surface area contributed by atoms with E-state index >= 15 is 0 Å². The summed E-state index contributed by atoms with van der Waals surface area (Å²) < 4.78 is 17.6. The zero-order valence-corrected chi connectivity index (χ0v) is 53.3. The van der Waals surface area contributed by atoms with Crippen molar-refractivity contribution in [3.05, 3.63) is 38.5 Å². The van der Waals surface area contributed by atoms with E-state index in [1.807, 2.05) is 0 Å². The van der Waals surface area contributed by atoms with Gasteiger partial charge in [-0.15, -0.1) is 0 Å². The number of fused-ring (bicyclic) bond motifs is 4. The first kappa shape index (κ1) is 68.4. The van der Waals surface area contributed by atoms with Crippen molar-refractivity contribution in [1.82, 2.24) is 50.3 Å². The van der Waals surface area contributed by atoms with Crippen molar-refractivity contribution in [1.29, 1.82) is 0 Å². The van der Waals surface area contributed by atoms with Crippen molar-refractivity contribution in [2.75, 3.05) is 65.8 Å². The number of hydrogen-bond donors (Lipinski definition) is 5. The molecule has 6 aliphatic rings. The number of ketones is 1. The number of rotatable bonds is 9. The number of likely N-dealkylation sites (N-methyl/N-ethyl adjacent to an activating group) is 4. The number of ether oxygens (including phenoxy) is 2. The Kier molecular flexibility index (Phi) is 20.8. The molecule has 29 heteroatoms. The van der Waals surface area contributed by atoms with Crippen LogP contribution in [0.15, 0.2) is 15.3 Å². The molecule has 4 fully saturated rings. The number of Topliss-reactive ketones (excluding diaryl/α,β-unsaturated/α-hetero) is 1. The summed E-state index contributed by atoms with van der Waals surface area (Å²) >= 11 is 0. The molecular formula is C61H82N12O17. The number of carbonyl (C=O) groups excluding carboxylic acids is 13. The Morgan fingerprint density at radius 3 is 1.71 bits per heavy atom. The monoisotopic (exact) mass is 1250 g/mol. The van der Waals surface area contributed by atoms with E-state index in [0.717, 1.165) is 15.9 Å². The Labute approximate surface area is 519 Å². The van der Waals surface area contributed by atoms with Crippen LogP contribution in [-0.4, -0.2) is 214 Å². The summed E-state index contributed by atoms with van der Waals surface area (Å²) in [4.78, 5) is 211. The lowest BCUT2D eigenvalue weighted by molar-refractivity contribution is -0.150. The fraction of sp³-hybridized carbons (Fsp3) is 0.590. The van der Waals surface area contributed by atoms with E-state index in [1.165, 1.54) is 68.6 Å². The van der Waals surface area contributed by atoms with Crippen LogP contribution in [0.1, 0.15) is 126 Å². The van der Waals surface area contributed by atoms with Gasteiger partial charge in [0.05, 0.1) is 36.3 Å². The van der Waals surface area contributed by atoms with E-state index in [1.54, 1.807) is 48.5 Å². The van der Waals surface area contributed by atoms with Crippen LogP contribution in [0, 0.1) is 37.5 Å². The Morgan fingerprint density at radius 1 is 0.678 bits per heavy atom. The van der Waals surface area contributed by atoms with Gasteiger partial charge in [-0.2, -0.15) is 0 Å². The van der Waals surface area contributed by atoms with Gasteiger partial charge in [0.2, 0.25) is 58.7 Å². The summed E-state index contributed by atoms with van der Waals surface area (Å²) in [5, 5.41) is 7.54. The van der Waals surface area contributed by atoms with E-state index < -0.39 is 202 Å². The first-order valence-corrected chi connectivity index (χ1v) is 30.1. The topological polar surface area (TPSA) is 391 Å². The van der Waals surface area contributed by atoms with E-state index in [2.05, 4.69) is 20.9 Å². The molecule has 4 saturated heterocycles. The first-order valence-electron chi connectivity index (χ1n) is 30.1. The van der Waals surface area contributed by atoms with Gasteiger partial charge in [-0.05, 0) is 76.7 Å². The summed E-state index contributed by atoms with van der Waals surface area (Å²) in [5.74, 6) is -16.2. The third kappa shape index (κ3) is 13.4. The zero-order valence-electron chi connectivity index (χ0n) is 53.3. The second-order valence-electron chi connectivity index (χ2n) is 24.8. The predicted molar refractivity (Wildman–Crippen MR) is 322 cm³/mol. The van der Waals surface area contributed by atoms with E-state index in [4.69, 9.17) is 25.4 Å². The van der Waals surface area contributed by atoms with Crippen LogP contribution in [0.2, 0.25) is 0 Å². The maximum Gasteiger partial charge on any atom is 0.350 e. The molecule has 5 aliphatic heterocycles. The number of aryl methyl sites for hydroxylation is 1. The number of nitrogens with one attached hydrogen (secondary N) is 3. The smallest absolute Gasteiger partial charge is 0.350 e. The molecule has 9 atom stereocenters. The summed E-state index contributed by atoms with van der Waals surface area (Å²) in [6.07, 6.45) is -0.636. The first-order chi connectivity index (χ1) is 42.1. The maximum absolute atomic E-state index is 14.8. The molecule has 1 aliphatic carbocycles. The number of anilines is 2. The average molecular weight is 1260 g/mol. The Hall–Kier alpha value is -9.05. The average Bonchev–Trinajstić information content (AvgIpc) is 1.41. The highest BCUT2D eigenvalue weighted by Gasteiger charge is 2.47. The van der Waals surface area contributed by atoms with Crippen molar-refractivity contribution in [2.24, 2.45) is 23.7 Å². The summed E-state index contributed by atoms with van der Waals surface area (Å²) in [7, 11) is 5.49. The number of hydrogen-bond acceptors (Lipinski definition) is 20. The second-order valence-corrected chi connectivity index (χ2v) is 24.8. The van der Waals surface area contributed by atoms with Gasteiger partial charge in [-0.3, -0.25) is 52.7 Å². The molecule has 1 aromatic carbocycles. The number of benzene rings is 2. The molecule has 5 heterocycles. The predicted octanol–water partition coefficient (Wildman–Crippen LogP) is 0.291. The molecule has 1 aromatic rings. The molecular weight excluding hydrogens is 1170 g/mol. The molecule has 7 N–H and O–H groups in total. The van der Waals surface area contributed by atoms with Crippen LogP contribution < -0.4 is 32.8 Å². The van der Waals surface area contributed by atoms with Gasteiger partial charge in [-0.25, -0.2) is 19.4 Å². The largest absolute Gasteiger partial charge is 0.458 e. The lowest BCUT2D eigenvalue weighted by Crippen LogP contribution is -2.61. The molecule has 488 valence electrons. The zero-order chi connectivity index (χ0) is 67.0. The lowest BCUT2D eigenvalue weighted by Gasteiger charge is -2.33. The quantitative estimate of drug-likeness (QED) is 0.0832. The molecule has 90 heavy (non-hydrogen) atoms. The number of aromatic nitrogens is 1. The van der Waals surface area contributed by atoms with Crippen molar-refractivity contribution >= 4 is 99.3 Å². The van der Waals surface area contributed by atoms with Crippen LogP contribution in [0.25, 0.3) is 22.6 Å². The number of amides is 9. The van der Waals surface area contributed by atoms with E-state index in [9.17, 15) is 67.1 Å². The van der Waals surface area contributed by atoms with Crippen LogP contribution in [0.3, 0.4) is 0 Å². The van der Waals surface area contributed by atoms with Crippen molar-refractivity contribution in [3.63, 3.8) is 0 Å². The number of esters is 3. The Bertz CT molecular complexity index is 3490. The van der Waals surface area contributed by atoms with Crippen molar-refractivity contribution in [3.8, 4) is 11.5 Å². The van der Waals surface area contributed by atoms with Gasteiger partial charge < -0.3 is 70.7 Å². The minimum absolute atomic E-state index is 0.0764. The number of nitrogens with two attached hydrogens (primary N) is 2. The summed E-state index contributed by atoms with van der Waals surface area (Å²) in [6, 6.07) is -8.42. The third-order valence-electron chi connectivity index (χ3n) is 17.6. The molecule has 0 bridgehead atoms. The number of carbonyl (C=O) groups is 13. The minimum atomic E-state index is -2.45. The van der Waals surface area contributed by atoms with Crippen LogP contribution in [0.4, 0.5) is 11.4 Å². The van der Waals surface area contributed by atoms with Crippen LogP contribution in [0.5, 0.6) is 0 Å². The maximum atomic E-state index is 14.8. The SMILES string of the molecule is CC[C@H]1C(=O)CC(C(C)OC(=O)c2cc(N)c(C)c3oc4c(C)c(=O)c(N)c(C(=O)OC(=O)C5NC(=O)[C@H](C(C)C)N(C)C(=O)CN(C)C(=O)[C@@H]6CCCN6C(=O)[C@@H](C(C)C)NC5=O)c-4nc23)C(=O)N[C@H](C(C)C)C(=O)N2CCC[C@H]2C(=O)N(C)CC(=O)N1C. The second kappa shape index (κ2) is 27.4. The number of nitrogen functional groups attached to an aromatic ring is 2. The van der Waals surface area contributed by atoms with Crippen LogP contribution in [-0.2, 0) is 62.2 Å². The Balaban J connectivity index is 1.28. The fourth-order valence-electron chi connectivity index (χ4n) is 12.2. The van der Waals surface area contributed by atoms with Gasteiger partial charge in [0.1, 0.15) is 53.1 Å². The highest BCUT2D eigenvalue weighted by atomic mass is 16.6. The molecule has 3 unspecified atom stereocenters. The normalized spacial score (nSPS) is 24.6. The van der Waals surface area contributed by atoms with Crippen molar-refractivity contribution < 1.29 is 76.2 Å². The van der Waals surface area contributed by atoms with Gasteiger partial charge >= 0.3 is 17.9 Å². The highest BCUT2D eigenvalue weighted by molar-refractivity contribution is 6.14. The van der Waals surface area contributed by atoms with Gasteiger partial charge in [0.15, 0.2) is 17.1 Å². The lowest BCUT2D eigenvalue weighted by atomic mass is 9.90. The molecule has 7 rings (SSSR count). The third-order valence-corrected chi connectivity index (χ3v) is 17.6. The molecule has 9 amide bonds. The van der Waals surface area contributed by atoms with Gasteiger partial charge in [0, 0.05) is 64.5 Å². The molecule has 0 saturated carbocycles. The molecule has 0 aromatic heterocycles. The Morgan fingerprint density at radius 2 is 1.20 bits per heavy atom. The fourth-order valence-corrected chi connectivity index (χ4v) is 12.2. The number of nitrogens with zero attached hydrogens (tertiary/aromatic N) is 7. The highest BCUT2D eigenvalue weighted by Crippen LogP contribution is 2.37.